The van der Waals surface area contributed by atoms with E-state index in [1.807, 2.05) is 0 Å². The minimum Gasteiger partial charge on any atom is -0.543 e. The van der Waals surface area contributed by atoms with Gasteiger partial charge < -0.3 is 9.90 Å². The van der Waals surface area contributed by atoms with Gasteiger partial charge in [0.25, 0.3) is 0 Å². The van der Waals surface area contributed by atoms with E-state index < -0.39 is 5.97 Å². The Kier molecular flexibility index (Phi) is 3.02. The average molecular weight is 185 g/mol. The van der Waals surface area contributed by atoms with Gasteiger partial charge in [-0.3, -0.25) is 4.40 Å². The fourth-order valence-corrected chi connectivity index (χ4v) is 0.980. The van der Waals surface area contributed by atoms with Gasteiger partial charge in [0.2, 0.25) is 0 Å². The topological polar surface area (TPSA) is 70.3 Å². The van der Waals surface area contributed by atoms with E-state index in [4.69, 9.17) is 0 Å². The minimum atomic E-state index is -1.31. The molecular weight excluding hydrogens is 181 g/mol. The van der Waals surface area contributed by atoms with Crippen molar-refractivity contribution < 1.29 is 39.5 Å². The number of hydrogen-bond acceptors (Lipinski definition) is 4. The summed E-state index contributed by atoms with van der Waals surface area (Å²) in [6.45, 7) is 0. The molecule has 0 aliphatic heterocycles. The van der Waals surface area contributed by atoms with E-state index in [1.165, 1.54) is 16.9 Å². The summed E-state index contributed by atoms with van der Waals surface area (Å²) < 4.78 is 1.52. The quantitative estimate of drug-likeness (QED) is 0.426. The molecule has 0 aliphatic carbocycles. The van der Waals surface area contributed by atoms with Crippen molar-refractivity contribution in [3.05, 3.63) is 30.5 Å². The predicted molar refractivity (Wildman–Crippen MR) is 37.3 cm³/mol. The van der Waals surface area contributed by atoms with Gasteiger partial charge in [-0.25, -0.2) is 9.97 Å². The normalized spacial score (nSPS) is 9.54. The van der Waals surface area contributed by atoms with Crippen molar-refractivity contribution in [1.82, 2.24) is 14.4 Å². The number of imidazole rings is 1. The Morgan fingerprint density at radius 2 is 2.23 bits per heavy atom. The molecule has 0 saturated carbocycles. The maximum atomic E-state index is 10.4. The first-order valence-electron chi connectivity index (χ1n) is 3.28. The van der Waals surface area contributed by atoms with Crippen LogP contribution in [0.4, 0.5) is 0 Å². The molecule has 0 aliphatic rings. The van der Waals surface area contributed by atoms with E-state index in [2.05, 4.69) is 9.97 Å². The van der Waals surface area contributed by atoms with Crippen LogP contribution >= 0.6 is 0 Å². The van der Waals surface area contributed by atoms with Crippen LogP contribution in [-0.4, -0.2) is 20.3 Å². The second-order valence-electron chi connectivity index (χ2n) is 2.23. The van der Waals surface area contributed by atoms with E-state index in [0.717, 1.165) is 0 Å². The number of nitrogens with zero attached hydrogens (tertiary/aromatic N) is 3. The van der Waals surface area contributed by atoms with Gasteiger partial charge in [0.05, 0.1) is 5.97 Å². The number of hydrogen-bond donors (Lipinski definition) is 0. The summed E-state index contributed by atoms with van der Waals surface area (Å²) in [6.07, 6.45) is 4.55. The summed E-state index contributed by atoms with van der Waals surface area (Å²) in [4.78, 5) is 17.9. The van der Waals surface area contributed by atoms with Crippen molar-refractivity contribution in [3.63, 3.8) is 0 Å². The van der Waals surface area contributed by atoms with Crippen molar-refractivity contribution in [2.75, 3.05) is 0 Å². The zero-order valence-corrected chi connectivity index (χ0v) is 8.97. The Balaban J connectivity index is 0.000000845. The summed E-state index contributed by atoms with van der Waals surface area (Å²) in [5.74, 6) is -1.31. The van der Waals surface area contributed by atoms with Gasteiger partial charge in [0.15, 0.2) is 5.65 Å². The van der Waals surface area contributed by atoms with Crippen LogP contribution in [0.1, 0.15) is 10.5 Å². The predicted octanol–water partition coefficient (Wildman–Crippen LogP) is -3.90. The van der Waals surface area contributed by atoms with E-state index in [-0.39, 0.29) is 35.3 Å². The van der Waals surface area contributed by atoms with Gasteiger partial charge in [-0.05, 0) is 6.07 Å². The fraction of sp³-hybridized carbons (Fsp3) is 0. The van der Waals surface area contributed by atoms with Crippen LogP contribution in [0.25, 0.3) is 5.65 Å². The average Bonchev–Trinajstić information content (AvgIpc) is 2.47. The summed E-state index contributed by atoms with van der Waals surface area (Å²) >= 11 is 0. The molecule has 0 spiro atoms. The molecule has 0 N–H and O–H groups in total. The molecule has 13 heavy (non-hydrogen) atoms. The minimum absolute atomic E-state index is 0. The third-order valence-electron chi connectivity index (χ3n) is 1.49. The molecule has 0 bridgehead atoms. The second kappa shape index (κ2) is 3.87. The first-order valence-corrected chi connectivity index (χ1v) is 3.28. The Morgan fingerprint density at radius 3 is 2.92 bits per heavy atom. The standard InChI is InChI=1S/C7H5N3O2.Na/c11-7(12)5-6-8-2-1-3-10(6)4-9-5;/h1-4H,(H,11,12);/q;+1/p-1. The molecule has 2 rings (SSSR count). The molecule has 6 heteroatoms. The third-order valence-corrected chi connectivity index (χ3v) is 1.49. The molecule has 0 saturated heterocycles. The Labute approximate surface area is 95.7 Å². The Hall–Kier alpha value is -0.910. The van der Waals surface area contributed by atoms with E-state index in [9.17, 15) is 9.90 Å². The molecule has 0 unspecified atom stereocenters. The van der Waals surface area contributed by atoms with Crippen LogP contribution in [0.5, 0.6) is 0 Å². The summed E-state index contributed by atoms with van der Waals surface area (Å²) in [5, 5.41) is 10.4. The molecule has 60 valence electrons. The molecule has 0 amide bonds. The molecule has 0 atom stereocenters. The van der Waals surface area contributed by atoms with Crippen molar-refractivity contribution in [2.24, 2.45) is 0 Å². The molecule has 2 heterocycles. The third kappa shape index (κ3) is 1.72. The number of carbonyl (C=O) groups is 1. The van der Waals surface area contributed by atoms with Crippen LogP contribution in [0.3, 0.4) is 0 Å². The van der Waals surface area contributed by atoms with Crippen molar-refractivity contribution in [2.45, 2.75) is 0 Å². The maximum Gasteiger partial charge on any atom is 1.00 e. The van der Waals surface area contributed by atoms with Crippen LogP contribution in [-0.2, 0) is 0 Å². The first-order chi connectivity index (χ1) is 5.79. The monoisotopic (exact) mass is 185 g/mol. The maximum absolute atomic E-state index is 10.4. The Bertz CT molecular complexity index is 440. The smallest absolute Gasteiger partial charge is 0.543 e. The number of carboxylic acids is 1. The van der Waals surface area contributed by atoms with Gasteiger partial charge in [0.1, 0.15) is 12.0 Å². The van der Waals surface area contributed by atoms with Crippen molar-refractivity contribution >= 4 is 11.6 Å². The number of carbonyl (C=O) groups excluding carboxylic acids is 1. The van der Waals surface area contributed by atoms with Crippen molar-refractivity contribution in [3.8, 4) is 0 Å². The van der Waals surface area contributed by atoms with E-state index in [0.29, 0.717) is 5.65 Å². The molecule has 5 nitrogen and oxygen atoms in total. The Morgan fingerprint density at radius 1 is 1.46 bits per heavy atom. The molecule has 0 fully saturated rings. The molecular formula is C7H4N3NaO2. The molecule has 0 aromatic carbocycles. The van der Waals surface area contributed by atoms with E-state index >= 15 is 0 Å². The zero-order valence-electron chi connectivity index (χ0n) is 6.97. The van der Waals surface area contributed by atoms with E-state index in [1.54, 1.807) is 12.3 Å². The van der Waals surface area contributed by atoms with Gasteiger partial charge in [-0.15, -0.1) is 0 Å². The SMILES string of the molecule is O=C([O-])c1ncn2cccnc12.[Na+]. The molecule has 0 radical (unpaired) electrons. The fourth-order valence-electron chi connectivity index (χ4n) is 0.980. The van der Waals surface area contributed by atoms with Gasteiger partial charge in [-0.2, -0.15) is 0 Å². The summed E-state index contributed by atoms with van der Waals surface area (Å²) in [5.41, 5.74) is 0.174. The van der Waals surface area contributed by atoms with Gasteiger partial charge >= 0.3 is 29.6 Å². The summed E-state index contributed by atoms with van der Waals surface area (Å²) in [7, 11) is 0. The molecule has 2 aromatic rings. The zero-order chi connectivity index (χ0) is 8.55. The number of aromatic carboxylic acids is 1. The van der Waals surface area contributed by atoms with Crippen LogP contribution < -0.4 is 34.7 Å². The number of rotatable bonds is 1. The van der Waals surface area contributed by atoms with Gasteiger partial charge in [-0.1, -0.05) is 0 Å². The van der Waals surface area contributed by atoms with Gasteiger partial charge in [0, 0.05) is 12.4 Å². The largest absolute Gasteiger partial charge is 1.00 e. The van der Waals surface area contributed by atoms with Crippen molar-refractivity contribution in [1.29, 1.82) is 0 Å². The summed E-state index contributed by atoms with van der Waals surface area (Å²) in [6, 6.07) is 1.69. The van der Waals surface area contributed by atoms with Crippen LogP contribution in [0, 0.1) is 0 Å². The second-order valence-corrected chi connectivity index (χ2v) is 2.23. The number of fused-ring (bicyclic) bond motifs is 1. The first kappa shape index (κ1) is 10.2. The van der Waals surface area contributed by atoms with Crippen LogP contribution in [0.15, 0.2) is 24.8 Å². The molecule has 2 aromatic heterocycles. The number of aromatic nitrogens is 3. The van der Waals surface area contributed by atoms with Crippen LogP contribution in [0.2, 0.25) is 0 Å². The number of carboxylic acid groups (broad SMARTS) is 1.